The summed E-state index contributed by atoms with van der Waals surface area (Å²) in [6.45, 7) is 0.282. The first-order valence-corrected chi connectivity index (χ1v) is 9.20. The van der Waals surface area contributed by atoms with Crippen LogP contribution < -0.4 is 20.2 Å². The maximum Gasteiger partial charge on any atom is 0.417 e. The Morgan fingerprint density at radius 3 is 2.42 bits per heavy atom. The first-order valence-electron chi connectivity index (χ1n) is 9.20. The summed E-state index contributed by atoms with van der Waals surface area (Å²) in [5.74, 6) is -0.130. The molecule has 0 saturated carbocycles. The van der Waals surface area contributed by atoms with Crippen molar-refractivity contribution in [3.63, 3.8) is 0 Å². The standard InChI is InChI=1S/C21H22F3N3O4/c1-30-17-8-7-14(11-18(17)31-2)9-10-25-19(28)12-20(29)27-26-13-15-5-3-4-6-16(15)21(22,23)24/h3-8,11,13H,9-10,12H2,1-2H3,(H,25,28)(H,27,29)/b26-13+. The van der Waals surface area contributed by atoms with Gasteiger partial charge in [0.25, 0.3) is 0 Å². The smallest absolute Gasteiger partial charge is 0.417 e. The van der Waals surface area contributed by atoms with E-state index < -0.39 is 30.0 Å². The molecular weight excluding hydrogens is 415 g/mol. The van der Waals surface area contributed by atoms with Gasteiger partial charge in [-0.3, -0.25) is 9.59 Å². The molecule has 2 N–H and O–H groups in total. The second-order valence-electron chi connectivity index (χ2n) is 6.34. The van der Waals surface area contributed by atoms with Crippen molar-refractivity contribution in [1.29, 1.82) is 0 Å². The molecule has 166 valence electrons. The van der Waals surface area contributed by atoms with E-state index in [1.807, 2.05) is 11.5 Å². The Morgan fingerprint density at radius 1 is 1.03 bits per heavy atom. The molecule has 2 rings (SSSR count). The van der Waals surface area contributed by atoms with Crippen molar-refractivity contribution < 1.29 is 32.2 Å². The molecule has 0 aromatic heterocycles. The fourth-order valence-electron chi connectivity index (χ4n) is 2.67. The predicted molar refractivity (Wildman–Crippen MR) is 108 cm³/mol. The molecule has 0 radical (unpaired) electrons. The number of benzene rings is 2. The highest BCUT2D eigenvalue weighted by atomic mass is 19.4. The molecule has 0 unspecified atom stereocenters. The van der Waals surface area contributed by atoms with Crippen molar-refractivity contribution in [2.24, 2.45) is 5.10 Å². The highest BCUT2D eigenvalue weighted by Crippen LogP contribution is 2.31. The Labute approximate surface area is 177 Å². The zero-order chi connectivity index (χ0) is 22.9. The number of rotatable bonds is 9. The van der Waals surface area contributed by atoms with Crippen LogP contribution in [0.3, 0.4) is 0 Å². The Morgan fingerprint density at radius 2 is 1.74 bits per heavy atom. The van der Waals surface area contributed by atoms with Gasteiger partial charge in [0, 0.05) is 12.1 Å². The number of nitrogens with zero attached hydrogens (tertiary/aromatic N) is 1. The van der Waals surface area contributed by atoms with E-state index in [0.29, 0.717) is 17.9 Å². The highest BCUT2D eigenvalue weighted by Gasteiger charge is 2.32. The molecule has 0 spiro atoms. The summed E-state index contributed by atoms with van der Waals surface area (Å²) in [4.78, 5) is 23.6. The Balaban J connectivity index is 1.79. The molecule has 31 heavy (non-hydrogen) atoms. The van der Waals surface area contributed by atoms with Gasteiger partial charge in [0.15, 0.2) is 11.5 Å². The van der Waals surface area contributed by atoms with Crippen molar-refractivity contribution in [3.05, 3.63) is 59.2 Å². The SMILES string of the molecule is COc1ccc(CCNC(=O)CC(=O)N/N=C/c2ccccc2C(F)(F)F)cc1OC. The van der Waals surface area contributed by atoms with Crippen molar-refractivity contribution in [1.82, 2.24) is 10.7 Å². The molecule has 0 atom stereocenters. The third-order valence-electron chi connectivity index (χ3n) is 4.16. The van der Waals surface area contributed by atoms with Gasteiger partial charge < -0.3 is 14.8 Å². The van der Waals surface area contributed by atoms with E-state index in [0.717, 1.165) is 17.8 Å². The van der Waals surface area contributed by atoms with Crippen LogP contribution in [0.25, 0.3) is 0 Å². The molecule has 0 fully saturated rings. The number of amides is 2. The summed E-state index contributed by atoms with van der Waals surface area (Å²) in [6.07, 6.45) is -3.67. The molecule has 0 aliphatic rings. The van der Waals surface area contributed by atoms with Gasteiger partial charge in [-0.25, -0.2) is 5.43 Å². The number of hydrazone groups is 1. The monoisotopic (exact) mass is 437 g/mol. The van der Waals surface area contributed by atoms with E-state index in [2.05, 4.69) is 10.4 Å². The van der Waals surface area contributed by atoms with Crippen LogP contribution in [0, 0.1) is 0 Å². The number of carbonyl (C=O) groups is 2. The first kappa shape index (κ1) is 23.7. The fraction of sp³-hybridized carbons (Fsp3) is 0.286. The van der Waals surface area contributed by atoms with E-state index >= 15 is 0 Å². The van der Waals surface area contributed by atoms with Crippen LogP contribution in [0.15, 0.2) is 47.6 Å². The maximum atomic E-state index is 12.9. The summed E-state index contributed by atoms with van der Waals surface area (Å²) >= 11 is 0. The number of ether oxygens (including phenoxy) is 2. The van der Waals surface area contributed by atoms with Crippen molar-refractivity contribution in [2.75, 3.05) is 20.8 Å². The quantitative estimate of drug-likeness (QED) is 0.359. The largest absolute Gasteiger partial charge is 0.493 e. The first-order chi connectivity index (χ1) is 14.7. The van der Waals surface area contributed by atoms with E-state index in [-0.39, 0.29) is 12.1 Å². The van der Waals surface area contributed by atoms with E-state index in [1.165, 1.54) is 32.4 Å². The molecule has 7 nitrogen and oxygen atoms in total. The van der Waals surface area contributed by atoms with Crippen molar-refractivity contribution >= 4 is 18.0 Å². The van der Waals surface area contributed by atoms with Crippen LogP contribution >= 0.6 is 0 Å². The second-order valence-corrected chi connectivity index (χ2v) is 6.34. The van der Waals surface area contributed by atoms with Gasteiger partial charge in [-0.05, 0) is 30.2 Å². The topological polar surface area (TPSA) is 89.0 Å². The number of carbonyl (C=O) groups excluding carboxylic acids is 2. The van der Waals surface area contributed by atoms with Gasteiger partial charge in [-0.15, -0.1) is 0 Å². The van der Waals surface area contributed by atoms with E-state index in [1.54, 1.807) is 12.1 Å². The normalized spacial score (nSPS) is 11.3. The summed E-state index contributed by atoms with van der Waals surface area (Å²) in [5, 5.41) is 6.09. The summed E-state index contributed by atoms with van der Waals surface area (Å²) < 4.78 is 49.1. The van der Waals surface area contributed by atoms with Gasteiger partial charge >= 0.3 is 6.18 Å². The van der Waals surface area contributed by atoms with Crippen LogP contribution in [0.5, 0.6) is 11.5 Å². The lowest BCUT2D eigenvalue weighted by atomic mass is 10.1. The third kappa shape index (κ3) is 7.32. The van der Waals surface area contributed by atoms with Gasteiger partial charge in [0.1, 0.15) is 6.42 Å². The van der Waals surface area contributed by atoms with Gasteiger partial charge in [-0.1, -0.05) is 24.3 Å². The average Bonchev–Trinajstić information content (AvgIpc) is 2.73. The molecular formula is C21H22F3N3O4. The predicted octanol–water partition coefficient (Wildman–Crippen LogP) is 2.92. The molecule has 2 aromatic rings. The van der Waals surface area contributed by atoms with Crippen LogP contribution in [-0.4, -0.2) is 38.8 Å². The van der Waals surface area contributed by atoms with Gasteiger partial charge in [-0.2, -0.15) is 18.3 Å². The third-order valence-corrected chi connectivity index (χ3v) is 4.16. The Kier molecular flexibility index (Phi) is 8.42. The minimum atomic E-state index is -4.54. The van der Waals surface area contributed by atoms with Crippen LogP contribution in [0.4, 0.5) is 13.2 Å². The molecule has 2 aromatic carbocycles. The average molecular weight is 437 g/mol. The molecule has 0 heterocycles. The number of halogens is 3. The zero-order valence-corrected chi connectivity index (χ0v) is 17.0. The highest BCUT2D eigenvalue weighted by molar-refractivity contribution is 5.97. The minimum absolute atomic E-state index is 0.199. The zero-order valence-electron chi connectivity index (χ0n) is 17.0. The van der Waals surface area contributed by atoms with E-state index in [9.17, 15) is 22.8 Å². The molecule has 2 amide bonds. The molecule has 10 heteroatoms. The summed E-state index contributed by atoms with van der Waals surface area (Å²) in [6, 6.07) is 10.2. The Hall–Kier alpha value is -3.56. The number of alkyl halides is 3. The lowest BCUT2D eigenvalue weighted by Gasteiger charge is -2.10. The Bertz CT molecular complexity index is 946. The number of methoxy groups -OCH3 is 2. The number of hydrogen-bond donors (Lipinski definition) is 2. The summed E-state index contributed by atoms with van der Waals surface area (Å²) in [7, 11) is 3.05. The van der Waals surface area contributed by atoms with Gasteiger partial charge in [0.05, 0.1) is 26.0 Å². The van der Waals surface area contributed by atoms with Crippen molar-refractivity contribution in [3.8, 4) is 11.5 Å². The second kappa shape index (κ2) is 11.0. The number of hydrogen-bond acceptors (Lipinski definition) is 5. The van der Waals surface area contributed by atoms with E-state index in [4.69, 9.17) is 9.47 Å². The molecule has 0 bridgehead atoms. The van der Waals surface area contributed by atoms with Crippen LogP contribution in [0.2, 0.25) is 0 Å². The summed E-state index contributed by atoms with van der Waals surface area (Å²) in [5.41, 5.74) is 1.87. The van der Waals surface area contributed by atoms with Crippen LogP contribution in [-0.2, 0) is 22.2 Å². The van der Waals surface area contributed by atoms with Crippen LogP contribution in [0.1, 0.15) is 23.1 Å². The number of nitrogens with one attached hydrogen (secondary N) is 2. The molecule has 0 aliphatic carbocycles. The lowest BCUT2D eigenvalue weighted by molar-refractivity contribution is -0.137. The van der Waals surface area contributed by atoms with Gasteiger partial charge in [0.2, 0.25) is 11.8 Å². The lowest BCUT2D eigenvalue weighted by Crippen LogP contribution is -2.31. The molecule has 0 saturated heterocycles. The van der Waals surface area contributed by atoms with Crippen molar-refractivity contribution in [2.45, 2.75) is 19.0 Å². The molecule has 0 aliphatic heterocycles. The fourth-order valence-corrected chi connectivity index (χ4v) is 2.67. The maximum absolute atomic E-state index is 12.9. The minimum Gasteiger partial charge on any atom is -0.493 e.